The maximum Gasteiger partial charge on any atom is 0.310 e. The summed E-state index contributed by atoms with van der Waals surface area (Å²) < 4.78 is 5.40. The van der Waals surface area contributed by atoms with Gasteiger partial charge in [0.1, 0.15) is 0 Å². The number of aromatic nitrogens is 1. The SMILES string of the molecule is CCOC(=O)[C@H]1[C@H](c2ccccn2)C12C=C(C(C)(C)C)C(=O)C(C(C)(C)C)=C2. The highest BCUT2D eigenvalue weighted by Gasteiger charge is 2.69. The van der Waals surface area contributed by atoms with Crippen molar-refractivity contribution in [3.8, 4) is 0 Å². The molecule has 2 aliphatic carbocycles. The zero-order valence-corrected chi connectivity index (χ0v) is 18.0. The molecule has 3 rings (SSSR count). The van der Waals surface area contributed by atoms with Crippen molar-refractivity contribution in [1.82, 2.24) is 4.98 Å². The number of hydrogen-bond acceptors (Lipinski definition) is 4. The molecule has 1 saturated carbocycles. The molecular formula is C24H31NO3. The zero-order chi connectivity index (χ0) is 20.9. The minimum Gasteiger partial charge on any atom is -0.466 e. The van der Waals surface area contributed by atoms with E-state index in [1.165, 1.54) is 0 Å². The van der Waals surface area contributed by atoms with E-state index in [1.54, 1.807) is 6.20 Å². The van der Waals surface area contributed by atoms with Gasteiger partial charge in [-0.15, -0.1) is 0 Å². The highest BCUT2D eigenvalue weighted by Crippen LogP contribution is 2.69. The van der Waals surface area contributed by atoms with Crippen molar-refractivity contribution in [3.05, 3.63) is 53.4 Å². The largest absolute Gasteiger partial charge is 0.466 e. The van der Waals surface area contributed by atoms with Gasteiger partial charge in [0.2, 0.25) is 0 Å². The van der Waals surface area contributed by atoms with Gasteiger partial charge in [0, 0.05) is 34.4 Å². The first kappa shape index (κ1) is 20.5. The lowest BCUT2D eigenvalue weighted by Gasteiger charge is -2.34. The van der Waals surface area contributed by atoms with Crippen LogP contribution in [-0.4, -0.2) is 23.3 Å². The van der Waals surface area contributed by atoms with Crippen LogP contribution >= 0.6 is 0 Å². The summed E-state index contributed by atoms with van der Waals surface area (Å²) in [6, 6.07) is 5.76. The number of ether oxygens (including phenoxy) is 1. The van der Waals surface area contributed by atoms with Crippen LogP contribution in [0, 0.1) is 22.2 Å². The Balaban J connectivity index is 2.21. The summed E-state index contributed by atoms with van der Waals surface area (Å²) in [5, 5.41) is 0. The molecule has 2 atom stereocenters. The van der Waals surface area contributed by atoms with Gasteiger partial charge in [-0.2, -0.15) is 0 Å². The first-order chi connectivity index (χ1) is 12.9. The number of pyridine rings is 1. The molecule has 1 aromatic rings. The molecule has 0 N–H and O–H groups in total. The van der Waals surface area contributed by atoms with Crippen LogP contribution in [-0.2, 0) is 14.3 Å². The molecule has 0 saturated heterocycles. The number of carbonyl (C=O) groups excluding carboxylic acids is 2. The molecule has 1 spiro atoms. The number of hydrogen-bond donors (Lipinski definition) is 0. The molecule has 1 fully saturated rings. The fraction of sp³-hybridized carbons (Fsp3) is 0.542. The number of allylic oxidation sites excluding steroid dienone is 4. The predicted molar refractivity (Wildman–Crippen MR) is 110 cm³/mol. The fourth-order valence-corrected chi connectivity index (χ4v) is 4.28. The number of carbonyl (C=O) groups is 2. The van der Waals surface area contributed by atoms with Crippen molar-refractivity contribution >= 4 is 11.8 Å². The molecule has 0 aliphatic heterocycles. The molecule has 28 heavy (non-hydrogen) atoms. The van der Waals surface area contributed by atoms with E-state index < -0.39 is 5.41 Å². The Morgan fingerprint density at radius 2 is 1.64 bits per heavy atom. The van der Waals surface area contributed by atoms with E-state index in [9.17, 15) is 9.59 Å². The Bertz CT molecular complexity index is 816. The summed E-state index contributed by atoms with van der Waals surface area (Å²) in [5.74, 6) is -0.609. The smallest absolute Gasteiger partial charge is 0.310 e. The molecule has 4 nitrogen and oxygen atoms in total. The van der Waals surface area contributed by atoms with E-state index in [0.29, 0.717) is 6.61 Å². The molecule has 150 valence electrons. The van der Waals surface area contributed by atoms with Crippen molar-refractivity contribution in [2.45, 2.75) is 54.4 Å². The maximum absolute atomic E-state index is 13.3. The minimum atomic E-state index is -0.556. The van der Waals surface area contributed by atoms with Gasteiger partial charge >= 0.3 is 5.97 Å². The summed E-state index contributed by atoms with van der Waals surface area (Å²) in [4.78, 5) is 30.7. The Labute approximate surface area is 168 Å². The lowest BCUT2D eigenvalue weighted by Crippen LogP contribution is -2.31. The van der Waals surface area contributed by atoms with Crippen LogP contribution in [0.15, 0.2) is 47.7 Å². The van der Waals surface area contributed by atoms with Gasteiger partial charge in [-0.1, -0.05) is 59.8 Å². The normalized spacial score (nSPS) is 23.9. The second kappa shape index (κ2) is 6.68. The number of rotatable bonds is 3. The fourth-order valence-electron chi connectivity index (χ4n) is 4.28. The Hall–Kier alpha value is -2.23. The van der Waals surface area contributed by atoms with E-state index in [1.807, 2.05) is 78.8 Å². The summed E-state index contributed by atoms with van der Waals surface area (Å²) in [5.41, 5.74) is 1.22. The highest BCUT2D eigenvalue weighted by molar-refractivity contribution is 6.11. The average molecular weight is 382 g/mol. The Morgan fingerprint density at radius 1 is 1.07 bits per heavy atom. The van der Waals surface area contributed by atoms with Crippen molar-refractivity contribution < 1.29 is 14.3 Å². The average Bonchev–Trinajstić information content (AvgIpc) is 3.23. The van der Waals surface area contributed by atoms with Crippen LogP contribution in [0.25, 0.3) is 0 Å². The summed E-state index contributed by atoms with van der Waals surface area (Å²) in [6.07, 6.45) is 5.82. The standard InChI is InChI=1S/C24H31NO3/c1-8-28-21(27)19-18(17-11-9-10-12-25-17)24(19)13-15(22(2,3)4)20(26)16(14-24)23(5,6)7/h9-14,18-19H,8H2,1-7H3/t18-,19+/m0/s1. The summed E-state index contributed by atoms with van der Waals surface area (Å²) in [7, 11) is 0. The number of ketones is 1. The molecule has 0 unspecified atom stereocenters. The van der Waals surface area contributed by atoms with E-state index in [2.05, 4.69) is 4.98 Å². The van der Waals surface area contributed by atoms with Gasteiger partial charge in [0.15, 0.2) is 5.78 Å². The van der Waals surface area contributed by atoms with Crippen LogP contribution in [0.1, 0.15) is 60.1 Å². The Morgan fingerprint density at radius 3 is 2.07 bits per heavy atom. The first-order valence-corrected chi connectivity index (χ1v) is 10.0. The van der Waals surface area contributed by atoms with E-state index in [0.717, 1.165) is 16.8 Å². The topological polar surface area (TPSA) is 56.3 Å². The Kier molecular flexibility index (Phi) is 4.89. The first-order valence-electron chi connectivity index (χ1n) is 10.0. The van der Waals surface area contributed by atoms with Crippen molar-refractivity contribution in [2.75, 3.05) is 6.61 Å². The molecule has 0 radical (unpaired) electrons. The van der Waals surface area contributed by atoms with Gasteiger partial charge < -0.3 is 4.74 Å². The van der Waals surface area contributed by atoms with Crippen LogP contribution < -0.4 is 0 Å². The molecule has 0 amide bonds. The number of Topliss-reactive ketones (excluding diaryl/α,β-unsaturated/α-hetero) is 1. The lowest BCUT2D eigenvalue weighted by atomic mass is 9.69. The molecular weight excluding hydrogens is 350 g/mol. The van der Waals surface area contributed by atoms with Crippen LogP contribution in [0.4, 0.5) is 0 Å². The summed E-state index contributed by atoms with van der Waals surface area (Å²) in [6.45, 7) is 14.5. The quantitative estimate of drug-likeness (QED) is 0.701. The van der Waals surface area contributed by atoms with E-state index in [4.69, 9.17) is 4.74 Å². The third-order valence-electron chi connectivity index (χ3n) is 5.74. The van der Waals surface area contributed by atoms with Crippen molar-refractivity contribution in [1.29, 1.82) is 0 Å². The van der Waals surface area contributed by atoms with E-state index >= 15 is 0 Å². The minimum absolute atomic E-state index is 0.0832. The monoisotopic (exact) mass is 381 g/mol. The molecule has 2 aliphatic rings. The molecule has 0 bridgehead atoms. The summed E-state index contributed by atoms with van der Waals surface area (Å²) >= 11 is 0. The predicted octanol–water partition coefficient (Wildman–Crippen LogP) is 4.87. The zero-order valence-electron chi connectivity index (χ0n) is 18.0. The van der Waals surface area contributed by atoms with Crippen LogP contribution in [0.3, 0.4) is 0 Å². The third kappa shape index (κ3) is 3.34. The number of esters is 1. The molecule has 1 aromatic heterocycles. The lowest BCUT2D eigenvalue weighted by molar-refractivity contribution is -0.145. The van der Waals surface area contributed by atoms with Crippen molar-refractivity contribution in [3.63, 3.8) is 0 Å². The third-order valence-corrected chi connectivity index (χ3v) is 5.74. The highest BCUT2D eigenvalue weighted by atomic mass is 16.5. The van der Waals surface area contributed by atoms with Crippen molar-refractivity contribution in [2.24, 2.45) is 22.2 Å². The second-order valence-corrected chi connectivity index (χ2v) is 9.91. The van der Waals surface area contributed by atoms with Crippen LogP contribution in [0.2, 0.25) is 0 Å². The maximum atomic E-state index is 13.3. The second-order valence-electron chi connectivity index (χ2n) is 9.91. The number of nitrogens with zero attached hydrogens (tertiary/aromatic N) is 1. The van der Waals surface area contributed by atoms with Gasteiger partial charge in [-0.25, -0.2) is 0 Å². The molecule has 4 heteroatoms. The van der Waals surface area contributed by atoms with E-state index in [-0.39, 0.29) is 34.4 Å². The van der Waals surface area contributed by atoms with Crippen LogP contribution in [0.5, 0.6) is 0 Å². The molecule has 1 heterocycles. The van der Waals surface area contributed by atoms with Gasteiger partial charge in [0.25, 0.3) is 0 Å². The van der Waals surface area contributed by atoms with Gasteiger partial charge in [0.05, 0.1) is 12.5 Å². The molecule has 0 aromatic carbocycles. The van der Waals surface area contributed by atoms with Gasteiger partial charge in [-0.3, -0.25) is 14.6 Å². The van der Waals surface area contributed by atoms with Gasteiger partial charge in [-0.05, 0) is 29.9 Å².